The van der Waals surface area contributed by atoms with E-state index in [1.165, 1.54) is 0 Å². The number of ether oxygens (including phenoxy) is 1. The van der Waals surface area contributed by atoms with E-state index in [0.29, 0.717) is 0 Å². The second kappa shape index (κ2) is 3.89. The Morgan fingerprint density at radius 2 is 2.23 bits per heavy atom. The highest BCUT2D eigenvalue weighted by Crippen LogP contribution is 2.18. The third-order valence-electron chi connectivity index (χ3n) is 1.71. The van der Waals surface area contributed by atoms with Gasteiger partial charge in [0.2, 0.25) is 0 Å². The molecule has 3 atom stereocenters. The average Bonchev–Trinajstić information content (AvgIpc) is 2.30. The molecule has 0 aliphatic carbocycles. The molecular formula is C6H12O6S. The Morgan fingerprint density at radius 3 is 2.62 bits per heavy atom. The van der Waals surface area contributed by atoms with Gasteiger partial charge in [0.25, 0.3) is 10.1 Å². The van der Waals surface area contributed by atoms with Crippen molar-refractivity contribution in [2.45, 2.75) is 18.3 Å². The first kappa shape index (κ1) is 10.9. The van der Waals surface area contributed by atoms with Gasteiger partial charge >= 0.3 is 0 Å². The first-order valence-electron chi connectivity index (χ1n) is 3.73. The van der Waals surface area contributed by atoms with Crippen LogP contribution in [0.2, 0.25) is 0 Å². The smallest absolute Gasteiger partial charge is 0.264 e. The topological polar surface area (TPSA) is 93.1 Å². The van der Waals surface area contributed by atoms with Crippen molar-refractivity contribution in [2.24, 2.45) is 0 Å². The Labute approximate surface area is 76.2 Å². The van der Waals surface area contributed by atoms with E-state index in [4.69, 9.17) is 9.84 Å². The van der Waals surface area contributed by atoms with Gasteiger partial charge in [0, 0.05) is 0 Å². The van der Waals surface area contributed by atoms with Gasteiger partial charge in [-0.05, 0) is 0 Å². The lowest BCUT2D eigenvalue weighted by Gasteiger charge is -2.14. The maximum Gasteiger partial charge on any atom is 0.264 e. The van der Waals surface area contributed by atoms with Crippen molar-refractivity contribution in [1.82, 2.24) is 0 Å². The van der Waals surface area contributed by atoms with Crippen molar-refractivity contribution >= 4 is 10.1 Å². The van der Waals surface area contributed by atoms with E-state index in [1.54, 1.807) is 0 Å². The summed E-state index contributed by atoms with van der Waals surface area (Å²) in [4.78, 5) is 0. The summed E-state index contributed by atoms with van der Waals surface area (Å²) in [7, 11) is -3.59. The summed E-state index contributed by atoms with van der Waals surface area (Å²) in [6.07, 6.45) is -1.87. The number of hydrogen-bond acceptors (Lipinski definition) is 6. The SMILES string of the molecule is CS(=O)(=O)O[C@H]1CO[C@H](CO)[C@@H]1O. The van der Waals surface area contributed by atoms with Crippen LogP contribution in [0.3, 0.4) is 0 Å². The first-order chi connectivity index (χ1) is 5.94. The quantitative estimate of drug-likeness (QED) is 0.530. The zero-order chi connectivity index (χ0) is 10.1. The van der Waals surface area contributed by atoms with Crippen LogP contribution in [0.25, 0.3) is 0 Å². The molecule has 0 amide bonds. The third-order valence-corrected chi connectivity index (χ3v) is 2.31. The van der Waals surface area contributed by atoms with Crippen molar-refractivity contribution in [1.29, 1.82) is 0 Å². The Balaban J connectivity index is 2.55. The molecule has 1 aliphatic heterocycles. The lowest BCUT2D eigenvalue weighted by molar-refractivity contribution is -0.00275. The first-order valence-corrected chi connectivity index (χ1v) is 5.54. The van der Waals surface area contributed by atoms with Crippen LogP contribution in [0, 0.1) is 0 Å². The molecule has 7 heteroatoms. The molecule has 6 nitrogen and oxygen atoms in total. The van der Waals surface area contributed by atoms with E-state index in [-0.39, 0.29) is 13.2 Å². The molecule has 1 aliphatic rings. The van der Waals surface area contributed by atoms with Crippen LogP contribution in [-0.4, -0.2) is 56.4 Å². The Kier molecular flexibility index (Phi) is 3.25. The van der Waals surface area contributed by atoms with Gasteiger partial charge < -0.3 is 14.9 Å². The summed E-state index contributed by atoms with van der Waals surface area (Å²) >= 11 is 0. The van der Waals surface area contributed by atoms with Gasteiger partial charge in [-0.15, -0.1) is 0 Å². The van der Waals surface area contributed by atoms with Gasteiger partial charge in [-0.3, -0.25) is 4.18 Å². The van der Waals surface area contributed by atoms with Crippen LogP contribution in [0.4, 0.5) is 0 Å². The summed E-state index contributed by atoms with van der Waals surface area (Å²) in [6.45, 7) is -0.385. The van der Waals surface area contributed by atoms with E-state index in [2.05, 4.69) is 4.18 Å². The minimum Gasteiger partial charge on any atom is -0.394 e. The van der Waals surface area contributed by atoms with Crippen molar-refractivity contribution in [3.05, 3.63) is 0 Å². The molecule has 0 aromatic carbocycles. The van der Waals surface area contributed by atoms with Crippen LogP contribution in [0.5, 0.6) is 0 Å². The van der Waals surface area contributed by atoms with Gasteiger partial charge in [-0.1, -0.05) is 0 Å². The second-order valence-electron chi connectivity index (χ2n) is 2.88. The summed E-state index contributed by atoms with van der Waals surface area (Å²) in [6, 6.07) is 0. The molecule has 1 saturated heterocycles. The number of aliphatic hydroxyl groups is 2. The van der Waals surface area contributed by atoms with Gasteiger partial charge in [0.05, 0.1) is 19.5 Å². The van der Waals surface area contributed by atoms with Gasteiger partial charge in [-0.2, -0.15) is 8.42 Å². The summed E-state index contributed by atoms with van der Waals surface area (Å²) in [5.41, 5.74) is 0. The summed E-state index contributed by atoms with van der Waals surface area (Å²) in [5, 5.41) is 18.0. The minimum atomic E-state index is -3.59. The van der Waals surface area contributed by atoms with Crippen LogP contribution < -0.4 is 0 Å². The fourth-order valence-electron chi connectivity index (χ4n) is 1.12. The highest BCUT2D eigenvalue weighted by atomic mass is 32.2. The maximum atomic E-state index is 10.7. The average molecular weight is 212 g/mol. The number of aliphatic hydroxyl groups excluding tert-OH is 2. The molecular weight excluding hydrogens is 200 g/mol. The monoisotopic (exact) mass is 212 g/mol. The largest absolute Gasteiger partial charge is 0.394 e. The zero-order valence-electron chi connectivity index (χ0n) is 7.08. The fourth-order valence-corrected chi connectivity index (χ4v) is 1.74. The lowest BCUT2D eigenvalue weighted by atomic mass is 10.2. The predicted octanol–water partition coefficient (Wildman–Crippen LogP) is -1.92. The van der Waals surface area contributed by atoms with Crippen LogP contribution in [0.1, 0.15) is 0 Å². The second-order valence-corrected chi connectivity index (χ2v) is 4.48. The molecule has 0 aromatic rings. The van der Waals surface area contributed by atoms with Gasteiger partial charge in [0.15, 0.2) is 0 Å². The summed E-state index contributed by atoms with van der Waals surface area (Å²) in [5.74, 6) is 0. The maximum absolute atomic E-state index is 10.7. The summed E-state index contributed by atoms with van der Waals surface area (Å²) < 4.78 is 30.8. The number of rotatable bonds is 3. The number of hydrogen-bond donors (Lipinski definition) is 2. The van der Waals surface area contributed by atoms with Crippen molar-refractivity contribution in [2.75, 3.05) is 19.5 Å². The van der Waals surface area contributed by atoms with E-state index in [9.17, 15) is 13.5 Å². The molecule has 78 valence electrons. The molecule has 0 bridgehead atoms. The minimum absolute atomic E-state index is 0.0283. The highest BCUT2D eigenvalue weighted by molar-refractivity contribution is 7.86. The van der Waals surface area contributed by atoms with E-state index in [0.717, 1.165) is 6.26 Å². The molecule has 0 radical (unpaired) electrons. The van der Waals surface area contributed by atoms with Crippen LogP contribution >= 0.6 is 0 Å². The van der Waals surface area contributed by atoms with E-state index >= 15 is 0 Å². The van der Waals surface area contributed by atoms with Crippen molar-refractivity contribution in [3.8, 4) is 0 Å². The van der Waals surface area contributed by atoms with Crippen LogP contribution in [-0.2, 0) is 19.0 Å². The molecule has 0 spiro atoms. The Hall–Kier alpha value is -0.210. The van der Waals surface area contributed by atoms with E-state index in [1.807, 2.05) is 0 Å². The van der Waals surface area contributed by atoms with Gasteiger partial charge in [0.1, 0.15) is 18.3 Å². The van der Waals surface area contributed by atoms with E-state index < -0.39 is 28.4 Å². The Bertz CT molecular complexity index is 260. The van der Waals surface area contributed by atoms with Gasteiger partial charge in [-0.25, -0.2) is 0 Å². The third kappa shape index (κ3) is 2.89. The molecule has 0 unspecified atom stereocenters. The highest BCUT2D eigenvalue weighted by Gasteiger charge is 2.38. The molecule has 0 aromatic heterocycles. The standard InChI is InChI=1S/C6H12O6S/c1-13(9,10)12-5-3-11-4(2-7)6(5)8/h4-8H,2-3H2,1H3/t4-,5+,6+/m1/s1. The Morgan fingerprint density at radius 1 is 1.62 bits per heavy atom. The normalized spacial score (nSPS) is 35.2. The van der Waals surface area contributed by atoms with Crippen molar-refractivity contribution < 1.29 is 27.6 Å². The molecule has 0 saturated carbocycles. The zero-order valence-corrected chi connectivity index (χ0v) is 7.90. The predicted molar refractivity (Wildman–Crippen MR) is 42.5 cm³/mol. The molecule has 1 rings (SSSR count). The molecule has 2 N–H and O–H groups in total. The van der Waals surface area contributed by atoms with Crippen LogP contribution in [0.15, 0.2) is 0 Å². The fraction of sp³-hybridized carbons (Fsp3) is 1.00. The lowest BCUT2D eigenvalue weighted by Crippen LogP contribution is -2.35. The molecule has 1 heterocycles. The van der Waals surface area contributed by atoms with Crippen molar-refractivity contribution in [3.63, 3.8) is 0 Å². The molecule has 13 heavy (non-hydrogen) atoms. The molecule has 1 fully saturated rings.